The first-order valence-electron chi connectivity index (χ1n) is 5.32. The Balaban J connectivity index is 2.93. The van der Waals surface area contributed by atoms with Crippen LogP contribution in [-0.2, 0) is 16.0 Å². The lowest BCUT2D eigenvalue weighted by Gasteiger charge is -2.26. The average molecular weight is 275 g/mol. The van der Waals surface area contributed by atoms with Crippen LogP contribution >= 0.6 is 0 Å². The molecule has 0 heterocycles. The summed E-state index contributed by atoms with van der Waals surface area (Å²) in [4.78, 5) is 22.0. The first kappa shape index (κ1) is 15.0. The quantitative estimate of drug-likeness (QED) is 0.879. The zero-order chi connectivity index (χ0) is 14.7. The van der Waals surface area contributed by atoms with E-state index in [1.807, 2.05) is 0 Å². The molecule has 0 saturated heterocycles. The van der Waals surface area contributed by atoms with Crippen LogP contribution < -0.4 is 5.32 Å². The van der Waals surface area contributed by atoms with E-state index in [9.17, 15) is 22.8 Å². The Labute approximate surface area is 107 Å². The van der Waals surface area contributed by atoms with Crippen molar-refractivity contribution in [2.75, 3.05) is 0 Å². The van der Waals surface area contributed by atoms with Gasteiger partial charge in [-0.25, -0.2) is 4.79 Å². The van der Waals surface area contributed by atoms with Gasteiger partial charge in [0.15, 0.2) is 0 Å². The van der Waals surface area contributed by atoms with Crippen molar-refractivity contribution >= 4 is 11.9 Å². The third kappa shape index (κ3) is 3.97. The maximum atomic E-state index is 12.2. The van der Waals surface area contributed by atoms with Gasteiger partial charge in [0.2, 0.25) is 0 Å². The monoisotopic (exact) mass is 275 g/mol. The smallest absolute Gasteiger partial charge is 0.471 e. The van der Waals surface area contributed by atoms with Gasteiger partial charge in [-0.05, 0) is 12.5 Å². The summed E-state index contributed by atoms with van der Waals surface area (Å²) in [5.74, 6) is -3.80. The number of amides is 1. The molecule has 0 aliphatic rings. The number of rotatable bonds is 4. The molecule has 0 fully saturated rings. The summed E-state index contributed by atoms with van der Waals surface area (Å²) in [5.41, 5.74) is -1.51. The minimum atomic E-state index is -5.12. The number of carbonyl (C=O) groups is 2. The van der Waals surface area contributed by atoms with E-state index in [0.29, 0.717) is 5.56 Å². The lowest BCUT2D eigenvalue weighted by atomic mass is 9.92. The first-order valence-corrected chi connectivity index (χ1v) is 5.32. The van der Waals surface area contributed by atoms with E-state index in [1.165, 1.54) is 5.32 Å². The Kier molecular flexibility index (Phi) is 4.18. The van der Waals surface area contributed by atoms with Crippen LogP contribution in [0.5, 0.6) is 0 Å². The van der Waals surface area contributed by atoms with Crippen molar-refractivity contribution < 1.29 is 27.9 Å². The predicted molar refractivity (Wildman–Crippen MR) is 60.4 cm³/mol. The van der Waals surface area contributed by atoms with Crippen molar-refractivity contribution in [3.05, 3.63) is 35.9 Å². The fourth-order valence-corrected chi connectivity index (χ4v) is 1.50. The summed E-state index contributed by atoms with van der Waals surface area (Å²) < 4.78 is 36.5. The van der Waals surface area contributed by atoms with E-state index in [1.54, 1.807) is 30.3 Å². The number of hydrogen-bond donors (Lipinski definition) is 2. The number of aliphatic carboxylic acids is 1. The normalized spacial score (nSPS) is 14.5. The van der Waals surface area contributed by atoms with Crippen LogP contribution in [0.1, 0.15) is 12.5 Å². The molecule has 104 valence electrons. The number of carboxylic acid groups (broad SMARTS) is 1. The van der Waals surface area contributed by atoms with E-state index in [0.717, 1.165) is 6.92 Å². The van der Waals surface area contributed by atoms with Crippen LogP contribution in [0.2, 0.25) is 0 Å². The predicted octanol–water partition coefficient (Wildman–Crippen LogP) is 1.75. The molecule has 4 nitrogen and oxygen atoms in total. The number of halogens is 3. The number of benzene rings is 1. The van der Waals surface area contributed by atoms with Gasteiger partial charge in [0.05, 0.1) is 0 Å². The Hall–Kier alpha value is -2.05. The number of carbonyl (C=O) groups excluding carboxylic acids is 1. The molecule has 0 saturated carbocycles. The molecule has 0 aliphatic heterocycles. The molecule has 1 aromatic rings. The second kappa shape index (κ2) is 5.29. The minimum Gasteiger partial charge on any atom is -0.480 e. The Morgan fingerprint density at radius 2 is 1.74 bits per heavy atom. The molecule has 0 aliphatic carbocycles. The molecule has 0 radical (unpaired) electrons. The number of hydrogen-bond acceptors (Lipinski definition) is 2. The SMILES string of the molecule is C[C@](Cc1ccccc1)(NC(=O)C(F)(F)F)C(=O)O. The summed E-state index contributed by atoms with van der Waals surface area (Å²) in [6, 6.07) is 8.09. The third-order valence-electron chi connectivity index (χ3n) is 2.52. The first-order chi connectivity index (χ1) is 8.65. The molecule has 0 spiro atoms. The zero-order valence-corrected chi connectivity index (χ0v) is 9.99. The Morgan fingerprint density at radius 3 is 2.16 bits per heavy atom. The molecule has 7 heteroatoms. The standard InChI is InChI=1S/C12H12F3NO3/c1-11(10(18)19,16-9(17)12(13,14)15)7-8-5-3-2-4-6-8/h2-6H,7H2,1H3,(H,16,17)(H,18,19)/t11-/m1/s1. The molecule has 19 heavy (non-hydrogen) atoms. The molecular weight excluding hydrogens is 263 g/mol. The van der Waals surface area contributed by atoms with Crippen molar-refractivity contribution in [2.24, 2.45) is 0 Å². The average Bonchev–Trinajstić information content (AvgIpc) is 2.28. The molecule has 0 unspecified atom stereocenters. The summed E-state index contributed by atoms with van der Waals surface area (Å²) >= 11 is 0. The number of alkyl halides is 3. The Morgan fingerprint density at radius 1 is 1.21 bits per heavy atom. The summed E-state index contributed by atoms with van der Waals surface area (Å²) in [7, 11) is 0. The molecule has 1 amide bonds. The van der Waals surface area contributed by atoms with Crippen molar-refractivity contribution in [1.29, 1.82) is 0 Å². The second-order valence-electron chi connectivity index (χ2n) is 4.25. The highest BCUT2D eigenvalue weighted by Gasteiger charge is 2.45. The van der Waals surface area contributed by atoms with Crippen LogP contribution in [0.25, 0.3) is 0 Å². The van der Waals surface area contributed by atoms with Gasteiger partial charge in [0, 0.05) is 6.42 Å². The lowest BCUT2D eigenvalue weighted by Crippen LogP contribution is -2.57. The molecule has 1 atom stereocenters. The van der Waals surface area contributed by atoms with Gasteiger partial charge < -0.3 is 10.4 Å². The van der Waals surface area contributed by atoms with E-state index in [2.05, 4.69) is 0 Å². The number of carboxylic acids is 1. The number of nitrogens with one attached hydrogen (secondary N) is 1. The van der Waals surface area contributed by atoms with Gasteiger partial charge >= 0.3 is 18.1 Å². The highest BCUT2D eigenvalue weighted by Crippen LogP contribution is 2.19. The lowest BCUT2D eigenvalue weighted by molar-refractivity contribution is -0.177. The van der Waals surface area contributed by atoms with E-state index in [4.69, 9.17) is 5.11 Å². The highest BCUT2D eigenvalue weighted by atomic mass is 19.4. The molecule has 0 aromatic heterocycles. The van der Waals surface area contributed by atoms with E-state index < -0.39 is 23.6 Å². The van der Waals surface area contributed by atoms with Gasteiger partial charge in [-0.15, -0.1) is 0 Å². The second-order valence-corrected chi connectivity index (χ2v) is 4.25. The van der Waals surface area contributed by atoms with E-state index in [-0.39, 0.29) is 6.42 Å². The largest absolute Gasteiger partial charge is 0.480 e. The summed E-state index contributed by atoms with van der Waals surface area (Å²) in [6.07, 6.45) is -5.36. The van der Waals surface area contributed by atoms with E-state index >= 15 is 0 Å². The molecule has 1 aromatic carbocycles. The van der Waals surface area contributed by atoms with Gasteiger partial charge in [-0.2, -0.15) is 13.2 Å². The molecule has 0 bridgehead atoms. The fourth-order valence-electron chi connectivity index (χ4n) is 1.50. The molecule has 1 rings (SSSR count). The van der Waals surface area contributed by atoms with Crippen LogP contribution in [-0.4, -0.2) is 28.7 Å². The summed E-state index contributed by atoms with van der Waals surface area (Å²) in [6.45, 7) is 1.03. The van der Waals surface area contributed by atoms with Crippen LogP contribution in [0.3, 0.4) is 0 Å². The summed E-state index contributed by atoms with van der Waals surface area (Å²) in [5, 5.41) is 10.5. The zero-order valence-electron chi connectivity index (χ0n) is 9.99. The van der Waals surface area contributed by atoms with Gasteiger partial charge in [-0.3, -0.25) is 4.79 Å². The van der Waals surface area contributed by atoms with Crippen LogP contribution in [0, 0.1) is 0 Å². The molecule has 2 N–H and O–H groups in total. The van der Waals surface area contributed by atoms with Crippen molar-refractivity contribution in [2.45, 2.75) is 25.1 Å². The van der Waals surface area contributed by atoms with Crippen molar-refractivity contribution in [3.63, 3.8) is 0 Å². The minimum absolute atomic E-state index is 0.245. The van der Waals surface area contributed by atoms with Crippen LogP contribution in [0.4, 0.5) is 13.2 Å². The fraction of sp³-hybridized carbons (Fsp3) is 0.333. The highest BCUT2D eigenvalue weighted by molar-refractivity contribution is 5.89. The maximum absolute atomic E-state index is 12.2. The maximum Gasteiger partial charge on any atom is 0.471 e. The Bertz CT molecular complexity index is 473. The van der Waals surface area contributed by atoms with Crippen LogP contribution in [0.15, 0.2) is 30.3 Å². The van der Waals surface area contributed by atoms with Crippen molar-refractivity contribution in [3.8, 4) is 0 Å². The van der Waals surface area contributed by atoms with Crippen molar-refractivity contribution in [1.82, 2.24) is 5.32 Å². The van der Waals surface area contributed by atoms with Gasteiger partial charge in [0.1, 0.15) is 5.54 Å². The molecular formula is C12H12F3NO3. The topological polar surface area (TPSA) is 66.4 Å². The third-order valence-corrected chi connectivity index (χ3v) is 2.52. The van der Waals surface area contributed by atoms with Gasteiger partial charge in [-0.1, -0.05) is 30.3 Å². The van der Waals surface area contributed by atoms with Gasteiger partial charge in [0.25, 0.3) is 0 Å².